The predicted molar refractivity (Wildman–Crippen MR) is 126 cm³/mol. The van der Waals surface area contributed by atoms with Crippen molar-refractivity contribution in [2.75, 3.05) is 13.2 Å². The molecule has 7 nitrogen and oxygen atoms in total. The van der Waals surface area contributed by atoms with Gasteiger partial charge in [0.1, 0.15) is 6.04 Å². The minimum atomic E-state index is -0.746. The number of carbonyl (C=O) groups excluding carboxylic acids is 3. The topological polar surface area (TPSA) is 95.9 Å². The molecule has 0 radical (unpaired) electrons. The van der Waals surface area contributed by atoms with Gasteiger partial charge >= 0.3 is 5.97 Å². The van der Waals surface area contributed by atoms with E-state index in [0.29, 0.717) is 13.0 Å². The van der Waals surface area contributed by atoms with Crippen molar-refractivity contribution in [3.8, 4) is 0 Å². The van der Waals surface area contributed by atoms with Gasteiger partial charge in [0.2, 0.25) is 11.8 Å². The number of aliphatic hydroxyl groups is 1. The van der Waals surface area contributed by atoms with E-state index in [1.807, 2.05) is 51.1 Å². The summed E-state index contributed by atoms with van der Waals surface area (Å²) >= 11 is 1.61. The standard InChI is InChI=1S/C25H34N2O5S/c1-5-32-23(31)19-18-22(30)27(17(14-28)15(2)3)20(25(18)12-11-24(19,4)33-25)21(29)26-13-16-9-7-6-8-10-16/h6-10,15,17-20,28H,5,11-14H2,1-4H3,(H,26,29)/t17-,18-,19+,20?,24-,25?/m0/s1. The number of nitrogens with one attached hydrogen (secondary N) is 1. The first-order chi connectivity index (χ1) is 15.7. The van der Waals surface area contributed by atoms with Crippen molar-refractivity contribution in [2.45, 2.75) is 68.7 Å². The minimum Gasteiger partial charge on any atom is -0.466 e. The second kappa shape index (κ2) is 8.95. The average molecular weight is 475 g/mol. The summed E-state index contributed by atoms with van der Waals surface area (Å²) in [4.78, 5) is 42.3. The maximum atomic E-state index is 13.9. The fraction of sp³-hybridized carbons (Fsp3) is 0.640. The number of amides is 2. The van der Waals surface area contributed by atoms with Gasteiger partial charge in [-0.2, -0.15) is 0 Å². The Labute approximate surface area is 199 Å². The van der Waals surface area contributed by atoms with E-state index in [0.717, 1.165) is 12.0 Å². The van der Waals surface area contributed by atoms with Gasteiger partial charge in [0.15, 0.2) is 0 Å². The number of thioether (sulfide) groups is 1. The van der Waals surface area contributed by atoms with E-state index in [1.165, 1.54) is 0 Å². The van der Waals surface area contributed by atoms with Crippen LogP contribution in [0.4, 0.5) is 0 Å². The number of rotatable bonds is 8. The molecule has 3 aliphatic heterocycles. The van der Waals surface area contributed by atoms with Gasteiger partial charge in [-0.15, -0.1) is 11.8 Å². The molecule has 1 aromatic carbocycles. The molecule has 2 bridgehead atoms. The molecule has 1 aromatic rings. The summed E-state index contributed by atoms with van der Waals surface area (Å²) in [7, 11) is 0. The molecule has 3 saturated heterocycles. The largest absolute Gasteiger partial charge is 0.466 e. The predicted octanol–water partition coefficient (Wildman–Crippen LogP) is 2.36. The monoisotopic (exact) mass is 474 g/mol. The highest BCUT2D eigenvalue weighted by Crippen LogP contribution is 2.71. The minimum absolute atomic E-state index is 0.0440. The molecule has 3 heterocycles. The molecule has 0 aromatic heterocycles. The summed E-state index contributed by atoms with van der Waals surface area (Å²) in [5.41, 5.74) is 0.970. The van der Waals surface area contributed by atoms with Crippen LogP contribution < -0.4 is 5.32 Å². The molecule has 2 N–H and O–H groups in total. The van der Waals surface area contributed by atoms with Crippen molar-refractivity contribution in [1.29, 1.82) is 0 Å². The van der Waals surface area contributed by atoms with E-state index < -0.39 is 33.4 Å². The van der Waals surface area contributed by atoms with Gasteiger partial charge in [0.05, 0.1) is 35.8 Å². The van der Waals surface area contributed by atoms with Gasteiger partial charge in [-0.3, -0.25) is 14.4 Å². The first-order valence-corrected chi connectivity index (χ1v) is 12.6. The lowest BCUT2D eigenvalue weighted by molar-refractivity contribution is -0.155. The average Bonchev–Trinajstić information content (AvgIpc) is 3.35. The van der Waals surface area contributed by atoms with Crippen molar-refractivity contribution in [1.82, 2.24) is 10.2 Å². The third-order valence-electron chi connectivity index (χ3n) is 7.63. The molecule has 2 unspecified atom stereocenters. The van der Waals surface area contributed by atoms with Gasteiger partial charge in [-0.1, -0.05) is 44.2 Å². The van der Waals surface area contributed by atoms with E-state index in [9.17, 15) is 19.5 Å². The Balaban J connectivity index is 1.73. The molecule has 3 aliphatic rings. The van der Waals surface area contributed by atoms with Crippen LogP contribution in [0.2, 0.25) is 0 Å². The van der Waals surface area contributed by atoms with Crippen LogP contribution in [0.15, 0.2) is 30.3 Å². The molecule has 8 heteroatoms. The Morgan fingerprint density at radius 3 is 2.58 bits per heavy atom. The highest BCUT2D eigenvalue weighted by atomic mass is 32.2. The van der Waals surface area contributed by atoms with Crippen LogP contribution in [-0.2, 0) is 25.7 Å². The van der Waals surface area contributed by atoms with Crippen LogP contribution in [0.5, 0.6) is 0 Å². The van der Waals surface area contributed by atoms with E-state index in [1.54, 1.807) is 23.6 Å². The lowest BCUT2D eigenvalue weighted by atomic mass is 9.66. The van der Waals surface area contributed by atoms with Crippen molar-refractivity contribution >= 4 is 29.5 Å². The van der Waals surface area contributed by atoms with E-state index in [-0.39, 0.29) is 36.9 Å². The van der Waals surface area contributed by atoms with E-state index >= 15 is 0 Å². The lowest BCUT2D eigenvalue weighted by Gasteiger charge is -2.38. The number of hydrogen-bond donors (Lipinski definition) is 2. The summed E-state index contributed by atoms with van der Waals surface area (Å²) in [5.74, 6) is -2.06. The van der Waals surface area contributed by atoms with Crippen LogP contribution >= 0.6 is 11.8 Å². The third kappa shape index (κ3) is 3.75. The highest BCUT2D eigenvalue weighted by Gasteiger charge is 2.78. The van der Waals surface area contributed by atoms with E-state index in [2.05, 4.69) is 5.32 Å². The Morgan fingerprint density at radius 2 is 1.97 bits per heavy atom. The van der Waals surface area contributed by atoms with Gasteiger partial charge in [0, 0.05) is 11.3 Å². The summed E-state index contributed by atoms with van der Waals surface area (Å²) < 4.78 is 4.25. The fourth-order valence-corrected chi connectivity index (χ4v) is 8.44. The van der Waals surface area contributed by atoms with Crippen LogP contribution in [0.1, 0.15) is 46.1 Å². The molecule has 3 fully saturated rings. The number of fused-ring (bicyclic) bond motifs is 1. The fourth-order valence-electron chi connectivity index (χ4n) is 6.11. The molecule has 0 aliphatic carbocycles. The Bertz CT molecular complexity index is 925. The number of ether oxygens (including phenoxy) is 1. The number of nitrogens with zero attached hydrogens (tertiary/aromatic N) is 1. The van der Waals surface area contributed by atoms with Crippen LogP contribution in [0.25, 0.3) is 0 Å². The normalized spacial score (nSPS) is 33.3. The van der Waals surface area contributed by atoms with Gasteiger partial charge in [0.25, 0.3) is 0 Å². The Kier molecular flexibility index (Phi) is 6.53. The maximum Gasteiger partial charge on any atom is 0.311 e. The number of benzene rings is 1. The number of likely N-dealkylation sites (tertiary alicyclic amines) is 1. The molecule has 4 rings (SSSR count). The van der Waals surface area contributed by atoms with Gasteiger partial charge in [-0.05, 0) is 38.2 Å². The smallest absolute Gasteiger partial charge is 0.311 e. The molecule has 6 atom stereocenters. The summed E-state index contributed by atoms with van der Waals surface area (Å²) in [6.45, 7) is 8.03. The zero-order valence-corrected chi connectivity index (χ0v) is 20.6. The van der Waals surface area contributed by atoms with Crippen LogP contribution in [-0.4, -0.2) is 62.6 Å². The Hall–Kier alpha value is -2.06. The van der Waals surface area contributed by atoms with Gasteiger partial charge in [-0.25, -0.2) is 0 Å². The summed E-state index contributed by atoms with van der Waals surface area (Å²) in [6.07, 6.45) is 1.42. The second-order valence-corrected chi connectivity index (χ2v) is 11.8. The highest BCUT2D eigenvalue weighted by molar-refractivity contribution is 8.02. The van der Waals surface area contributed by atoms with Crippen LogP contribution in [0.3, 0.4) is 0 Å². The molecule has 1 spiro atoms. The summed E-state index contributed by atoms with van der Waals surface area (Å²) in [5, 5.41) is 13.2. The number of esters is 1. The number of carbonyl (C=O) groups is 3. The zero-order chi connectivity index (χ0) is 24.0. The van der Waals surface area contributed by atoms with E-state index in [4.69, 9.17) is 4.74 Å². The molecular weight excluding hydrogens is 440 g/mol. The van der Waals surface area contributed by atoms with Crippen molar-refractivity contribution in [2.24, 2.45) is 17.8 Å². The number of hydrogen-bond acceptors (Lipinski definition) is 6. The molecule has 180 valence electrons. The first-order valence-electron chi connectivity index (χ1n) is 11.8. The molecule has 0 saturated carbocycles. The Morgan fingerprint density at radius 1 is 1.27 bits per heavy atom. The van der Waals surface area contributed by atoms with Crippen molar-refractivity contribution in [3.05, 3.63) is 35.9 Å². The van der Waals surface area contributed by atoms with Crippen LogP contribution in [0, 0.1) is 17.8 Å². The second-order valence-electron chi connectivity index (χ2n) is 9.92. The molecular formula is C25H34N2O5S. The summed E-state index contributed by atoms with van der Waals surface area (Å²) in [6, 6.07) is 8.40. The van der Waals surface area contributed by atoms with Gasteiger partial charge < -0.3 is 20.1 Å². The maximum absolute atomic E-state index is 13.9. The third-order valence-corrected chi connectivity index (χ3v) is 9.61. The SMILES string of the molecule is CCOC(=O)[C@H]1[C@H]2C(=O)N([C@@H](CO)C(C)C)C(C(=O)NCc3ccccc3)C23CC[C@]1(C)S3. The molecule has 33 heavy (non-hydrogen) atoms. The lowest BCUT2D eigenvalue weighted by Crippen LogP contribution is -2.57. The quantitative estimate of drug-likeness (QED) is 0.562. The number of aliphatic hydroxyl groups excluding tert-OH is 1. The molecule has 2 amide bonds. The van der Waals surface area contributed by atoms with Crippen molar-refractivity contribution in [3.63, 3.8) is 0 Å². The first kappa shape index (κ1) is 24.1. The zero-order valence-electron chi connectivity index (χ0n) is 19.7. The van der Waals surface area contributed by atoms with Crippen molar-refractivity contribution < 1.29 is 24.2 Å².